The van der Waals surface area contributed by atoms with Crippen LogP contribution in [-0.4, -0.2) is 29.6 Å². The first-order valence-electron chi connectivity index (χ1n) is 3.56. The van der Waals surface area contributed by atoms with Crippen molar-refractivity contribution in [3.63, 3.8) is 0 Å². The average molecular weight is 199 g/mol. The number of hydroxylamine groups is 1. The minimum Gasteiger partial charge on any atom is -0.323 e. The van der Waals surface area contributed by atoms with Gasteiger partial charge in [-0.05, 0) is 0 Å². The van der Waals surface area contributed by atoms with Crippen LogP contribution in [0.3, 0.4) is 0 Å². The van der Waals surface area contributed by atoms with Crippen LogP contribution in [0.2, 0.25) is 0 Å². The van der Waals surface area contributed by atoms with Gasteiger partial charge in [0.05, 0.1) is 0 Å². The van der Waals surface area contributed by atoms with Crippen LogP contribution in [0.15, 0.2) is 25.3 Å². The lowest BCUT2D eigenvalue weighted by Gasteiger charge is -2.17. The molecule has 0 spiro atoms. The quantitative estimate of drug-likeness (QED) is 0.301. The van der Waals surface area contributed by atoms with Crippen molar-refractivity contribution in [1.82, 2.24) is 10.4 Å². The fourth-order valence-corrected chi connectivity index (χ4v) is 0.706. The molecular formula is C8H11N2O2S. The molecule has 0 saturated carbocycles. The summed E-state index contributed by atoms with van der Waals surface area (Å²) < 4.78 is 0. The Hall–Kier alpha value is -1.36. The lowest BCUT2D eigenvalue weighted by Crippen LogP contribution is -2.35. The molecule has 71 valence electrons. The minimum atomic E-state index is -0.544. The summed E-state index contributed by atoms with van der Waals surface area (Å²) >= 11 is 4.29. The summed E-state index contributed by atoms with van der Waals surface area (Å²) in [5.41, 5.74) is 4.10. The number of amides is 1. The zero-order valence-corrected chi connectivity index (χ0v) is 7.97. The van der Waals surface area contributed by atoms with Crippen molar-refractivity contribution < 1.29 is 9.63 Å². The maximum Gasteiger partial charge on any atom is 0.434 e. The predicted molar refractivity (Wildman–Crippen MR) is 54.2 cm³/mol. The van der Waals surface area contributed by atoms with Crippen LogP contribution < -0.4 is 5.48 Å². The van der Waals surface area contributed by atoms with Gasteiger partial charge in [-0.1, -0.05) is 24.4 Å². The summed E-state index contributed by atoms with van der Waals surface area (Å²) in [6.45, 7) is 7.80. The van der Waals surface area contributed by atoms with Crippen molar-refractivity contribution in [2.45, 2.75) is 0 Å². The van der Waals surface area contributed by atoms with E-state index < -0.39 is 6.09 Å². The van der Waals surface area contributed by atoms with Gasteiger partial charge in [-0.25, -0.2) is 10.3 Å². The molecule has 1 N–H and O–H groups in total. The zero-order valence-electron chi connectivity index (χ0n) is 7.16. The predicted octanol–water partition coefficient (Wildman–Crippen LogP) is 1.14. The van der Waals surface area contributed by atoms with Crippen LogP contribution in [0.25, 0.3) is 0 Å². The summed E-state index contributed by atoms with van der Waals surface area (Å²) in [5.74, 6) is 0. The first-order valence-corrected chi connectivity index (χ1v) is 3.96. The Balaban J connectivity index is 4.00. The molecule has 0 unspecified atom stereocenters. The van der Waals surface area contributed by atoms with Crippen LogP contribution in [0.4, 0.5) is 4.79 Å². The van der Waals surface area contributed by atoms with Crippen LogP contribution in [0, 0.1) is 0 Å². The minimum absolute atomic E-state index is 0.393. The smallest absolute Gasteiger partial charge is 0.323 e. The zero-order chi connectivity index (χ0) is 10.1. The normalized spacial score (nSPS) is 8.31. The van der Waals surface area contributed by atoms with E-state index in [1.165, 1.54) is 4.90 Å². The third-order valence-electron chi connectivity index (χ3n) is 1.14. The summed E-state index contributed by atoms with van der Waals surface area (Å²) in [5, 5.41) is 0. The SMILES string of the molecule is C=CCN(CC=C)C(=O)ON[C]=S. The highest BCUT2D eigenvalue weighted by Gasteiger charge is 2.11. The van der Waals surface area contributed by atoms with Crippen molar-refractivity contribution in [1.29, 1.82) is 0 Å². The summed E-state index contributed by atoms with van der Waals surface area (Å²) in [4.78, 5) is 17.0. The van der Waals surface area contributed by atoms with Gasteiger partial charge in [0.1, 0.15) is 0 Å². The van der Waals surface area contributed by atoms with Crippen molar-refractivity contribution in [3.8, 4) is 0 Å². The topological polar surface area (TPSA) is 41.6 Å². The Bertz CT molecular complexity index is 196. The number of hydrogen-bond acceptors (Lipinski definition) is 3. The van der Waals surface area contributed by atoms with Crippen LogP contribution in [-0.2, 0) is 4.84 Å². The average Bonchev–Trinajstić information content (AvgIpc) is 2.14. The lowest BCUT2D eigenvalue weighted by atomic mass is 10.5. The van der Waals surface area contributed by atoms with E-state index in [4.69, 9.17) is 0 Å². The molecule has 1 radical (unpaired) electrons. The Labute approximate surface area is 82.8 Å². The van der Waals surface area contributed by atoms with E-state index in [9.17, 15) is 4.79 Å². The molecular weight excluding hydrogens is 188 g/mol. The molecule has 4 nitrogen and oxygen atoms in total. The second-order valence-corrected chi connectivity index (χ2v) is 2.26. The molecule has 0 aromatic rings. The first-order chi connectivity index (χ1) is 6.26. The van der Waals surface area contributed by atoms with Gasteiger partial charge in [-0.3, -0.25) is 4.90 Å². The molecule has 0 heterocycles. The van der Waals surface area contributed by atoms with E-state index in [0.29, 0.717) is 13.1 Å². The van der Waals surface area contributed by atoms with E-state index in [-0.39, 0.29) is 0 Å². The van der Waals surface area contributed by atoms with Crippen LogP contribution in [0.5, 0.6) is 0 Å². The Morgan fingerprint density at radius 2 is 2.08 bits per heavy atom. The summed E-state index contributed by atoms with van der Waals surface area (Å²) in [6, 6.07) is 0. The molecule has 0 aliphatic heterocycles. The molecule has 0 fully saturated rings. The maximum absolute atomic E-state index is 11.1. The number of hydrogen-bond donors (Lipinski definition) is 1. The molecule has 0 atom stereocenters. The van der Waals surface area contributed by atoms with Gasteiger partial charge < -0.3 is 4.84 Å². The number of nitrogens with one attached hydrogen (secondary N) is 1. The van der Waals surface area contributed by atoms with Gasteiger partial charge in [0.15, 0.2) is 5.49 Å². The summed E-state index contributed by atoms with van der Waals surface area (Å²) in [7, 11) is 0. The van der Waals surface area contributed by atoms with E-state index >= 15 is 0 Å². The summed E-state index contributed by atoms with van der Waals surface area (Å²) in [6.07, 6.45) is 2.63. The largest absolute Gasteiger partial charge is 0.434 e. The molecule has 0 saturated heterocycles. The van der Waals surface area contributed by atoms with Crippen molar-refractivity contribution in [3.05, 3.63) is 25.3 Å². The second-order valence-electron chi connectivity index (χ2n) is 2.05. The highest BCUT2D eigenvalue weighted by atomic mass is 32.1. The molecule has 1 amide bonds. The lowest BCUT2D eigenvalue weighted by molar-refractivity contribution is 0.0889. The molecule has 13 heavy (non-hydrogen) atoms. The highest BCUT2D eigenvalue weighted by molar-refractivity contribution is 7.78. The van der Waals surface area contributed by atoms with Gasteiger partial charge in [0.2, 0.25) is 0 Å². The van der Waals surface area contributed by atoms with Gasteiger partial charge in [0.25, 0.3) is 0 Å². The van der Waals surface area contributed by atoms with Gasteiger partial charge in [-0.15, -0.1) is 13.2 Å². The van der Waals surface area contributed by atoms with Crippen LogP contribution in [0.1, 0.15) is 0 Å². The van der Waals surface area contributed by atoms with E-state index in [0.717, 1.165) is 0 Å². The third-order valence-corrected chi connectivity index (χ3v) is 1.22. The van der Waals surface area contributed by atoms with E-state index in [1.54, 1.807) is 12.2 Å². The number of thiocarbonyl (C=S) groups is 1. The molecule has 0 bridgehead atoms. The van der Waals surface area contributed by atoms with Crippen molar-refractivity contribution >= 4 is 23.8 Å². The first kappa shape index (κ1) is 11.6. The van der Waals surface area contributed by atoms with E-state index in [2.05, 4.69) is 35.7 Å². The Morgan fingerprint density at radius 1 is 1.54 bits per heavy atom. The molecule has 0 aromatic heterocycles. The van der Waals surface area contributed by atoms with Gasteiger partial charge in [-0.2, -0.15) is 0 Å². The fraction of sp³-hybridized carbons (Fsp3) is 0.250. The monoisotopic (exact) mass is 199 g/mol. The van der Waals surface area contributed by atoms with Gasteiger partial charge >= 0.3 is 6.09 Å². The number of rotatable bonds is 6. The Kier molecular flexibility index (Phi) is 6.53. The van der Waals surface area contributed by atoms with Crippen LogP contribution >= 0.6 is 12.2 Å². The third kappa shape index (κ3) is 4.97. The molecule has 0 aliphatic carbocycles. The van der Waals surface area contributed by atoms with Crippen molar-refractivity contribution in [2.75, 3.05) is 13.1 Å². The number of carbonyl (C=O) groups is 1. The van der Waals surface area contributed by atoms with E-state index in [1.807, 2.05) is 5.49 Å². The fourth-order valence-electron chi connectivity index (χ4n) is 0.664. The maximum atomic E-state index is 11.1. The Morgan fingerprint density at radius 3 is 2.46 bits per heavy atom. The molecule has 0 aromatic carbocycles. The number of carbonyl (C=O) groups excluding carboxylic acids is 1. The van der Waals surface area contributed by atoms with Gasteiger partial charge in [0, 0.05) is 13.1 Å². The standard InChI is InChI=1S/C8H11N2O2S/c1-3-5-10(6-4-2)8(11)12-9-7-13/h3-4H,1-2,5-6H2,(H,9,13). The molecule has 0 rings (SSSR count). The highest BCUT2D eigenvalue weighted by Crippen LogP contribution is 1.92. The van der Waals surface area contributed by atoms with Crippen molar-refractivity contribution in [2.24, 2.45) is 0 Å². The second kappa shape index (κ2) is 7.30. The molecule has 0 aliphatic rings. The number of nitrogens with zero attached hydrogens (tertiary/aromatic N) is 1. The molecule has 5 heteroatoms.